The molecule has 20 heavy (non-hydrogen) atoms. The fourth-order valence-electron chi connectivity index (χ4n) is 2.11. The van der Waals surface area contributed by atoms with E-state index in [1.807, 2.05) is 19.1 Å². The second kappa shape index (κ2) is 4.61. The van der Waals surface area contributed by atoms with E-state index in [0.717, 1.165) is 11.3 Å². The number of para-hydroxylation sites is 1. The fraction of sp³-hybridized carbons (Fsp3) is 0.0714. The van der Waals surface area contributed by atoms with Crippen LogP contribution in [0.15, 0.2) is 36.4 Å². The minimum Gasteiger partial charge on any atom is -0.478 e. The Morgan fingerprint density at radius 1 is 1.30 bits per heavy atom. The fourth-order valence-corrected chi connectivity index (χ4v) is 2.42. The number of aromatic carboxylic acids is 1. The Bertz CT molecular complexity index is 806. The van der Waals surface area contributed by atoms with Crippen LogP contribution in [-0.4, -0.2) is 26.1 Å². The Labute approximate surface area is 119 Å². The quantitative estimate of drug-likeness (QED) is 0.786. The molecular formula is C14H10ClN3O2. The zero-order chi connectivity index (χ0) is 14.3. The molecule has 0 fully saturated rings. The van der Waals surface area contributed by atoms with Crippen LogP contribution in [0.2, 0.25) is 5.02 Å². The molecule has 3 aromatic rings. The molecule has 2 aromatic carbocycles. The number of hydrogen-bond acceptors (Lipinski definition) is 3. The Hall–Kier alpha value is -2.40. The summed E-state index contributed by atoms with van der Waals surface area (Å²) >= 11 is 6.22. The van der Waals surface area contributed by atoms with Gasteiger partial charge in [0.2, 0.25) is 0 Å². The molecule has 5 nitrogen and oxygen atoms in total. The van der Waals surface area contributed by atoms with Gasteiger partial charge in [-0.3, -0.25) is 0 Å². The van der Waals surface area contributed by atoms with Gasteiger partial charge in [0.05, 0.1) is 21.8 Å². The molecule has 0 spiro atoms. The Kier molecular flexibility index (Phi) is 2.91. The molecule has 0 bridgehead atoms. The number of halogens is 1. The minimum absolute atomic E-state index is 0.181. The zero-order valence-corrected chi connectivity index (χ0v) is 11.3. The number of rotatable bonds is 2. The van der Waals surface area contributed by atoms with E-state index in [2.05, 4.69) is 10.3 Å². The number of carbonyl (C=O) groups is 1. The Morgan fingerprint density at radius 3 is 2.80 bits per heavy atom. The van der Waals surface area contributed by atoms with Crippen LogP contribution in [0.4, 0.5) is 0 Å². The van der Waals surface area contributed by atoms with Crippen molar-refractivity contribution in [2.24, 2.45) is 0 Å². The normalized spacial score (nSPS) is 10.9. The lowest BCUT2D eigenvalue weighted by atomic mass is 10.1. The largest absolute Gasteiger partial charge is 0.478 e. The van der Waals surface area contributed by atoms with Crippen LogP contribution >= 0.6 is 11.6 Å². The molecular weight excluding hydrogens is 278 g/mol. The first-order valence-electron chi connectivity index (χ1n) is 5.92. The highest BCUT2D eigenvalue weighted by Crippen LogP contribution is 2.26. The molecule has 0 atom stereocenters. The van der Waals surface area contributed by atoms with Crippen molar-refractivity contribution in [3.63, 3.8) is 0 Å². The highest BCUT2D eigenvalue weighted by atomic mass is 35.5. The van der Waals surface area contributed by atoms with Gasteiger partial charge >= 0.3 is 5.97 Å². The maximum Gasteiger partial charge on any atom is 0.335 e. The number of aryl methyl sites for hydroxylation is 1. The lowest BCUT2D eigenvalue weighted by molar-refractivity contribution is 0.0697. The Balaban J connectivity index is 2.26. The third-order valence-corrected chi connectivity index (χ3v) is 3.40. The van der Waals surface area contributed by atoms with Crippen LogP contribution in [0.5, 0.6) is 0 Å². The first kappa shape index (κ1) is 12.6. The van der Waals surface area contributed by atoms with Crippen molar-refractivity contribution in [2.45, 2.75) is 6.92 Å². The van der Waals surface area contributed by atoms with Crippen molar-refractivity contribution in [3.05, 3.63) is 52.5 Å². The first-order valence-corrected chi connectivity index (χ1v) is 6.30. The van der Waals surface area contributed by atoms with E-state index in [9.17, 15) is 4.79 Å². The average Bonchev–Trinajstić information content (AvgIpc) is 2.81. The van der Waals surface area contributed by atoms with E-state index in [0.29, 0.717) is 16.1 Å². The molecule has 3 rings (SSSR count). The molecule has 0 radical (unpaired) electrons. The number of aromatic nitrogens is 3. The van der Waals surface area contributed by atoms with Gasteiger partial charge in [0.1, 0.15) is 5.52 Å². The van der Waals surface area contributed by atoms with Crippen LogP contribution < -0.4 is 0 Å². The van der Waals surface area contributed by atoms with Gasteiger partial charge in [0.15, 0.2) is 0 Å². The van der Waals surface area contributed by atoms with Gasteiger partial charge in [0.25, 0.3) is 0 Å². The molecule has 100 valence electrons. The second-order valence-corrected chi connectivity index (χ2v) is 4.82. The number of fused-ring (bicyclic) bond motifs is 1. The number of carboxylic acids is 1. The molecule has 0 aliphatic carbocycles. The summed E-state index contributed by atoms with van der Waals surface area (Å²) in [6.07, 6.45) is 0. The summed E-state index contributed by atoms with van der Waals surface area (Å²) < 4.78 is 1.62. The van der Waals surface area contributed by atoms with Gasteiger partial charge in [0, 0.05) is 0 Å². The average molecular weight is 288 g/mol. The zero-order valence-electron chi connectivity index (χ0n) is 10.5. The number of nitrogens with zero attached hydrogens (tertiary/aromatic N) is 3. The van der Waals surface area contributed by atoms with Crippen LogP contribution in [0.1, 0.15) is 15.9 Å². The van der Waals surface area contributed by atoms with E-state index in [4.69, 9.17) is 16.7 Å². The molecule has 1 aromatic heterocycles. The Morgan fingerprint density at radius 2 is 2.10 bits per heavy atom. The maximum atomic E-state index is 11.0. The predicted molar refractivity (Wildman–Crippen MR) is 75.6 cm³/mol. The number of hydrogen-bond donors (Lipinski definition) is 1. The van der Waals surface area contributed by atoms with Crippen molar-refractivity contribution in [1.29, 1.82) is 0 Å². The summed E-state index contributed by atoms with van der Waals surface area (Å²) in [5, 5.41) is 17.6. The van der Waals surface area contributed by atoms with Crippen molar-refractivity contribution in [1.82, 2.24) is 15.0 Å². The van der Waals surface area contributed by atoms with Crippen molar-refractivity contribution in [2.75, 3.05) is 0 Å². The second-order valence-electron chi connectivity index (χ2n) is 4.42. The van der Waals surface area contributed by atoms with E-state index in [1.165, 1.54) is 12.1 Å². The summed E-state index contributed by atoms with van der Waals surface area (Å²) in [5.41, 5.74) is 3.13. The summed E-state index contributed by atoms with van der Waals surface area (Å²) in [5.74, 6) is -0.990. The molecule has 6 heteroatoms. The van der Waals surface area contributed by atoms with Crippen molar-refractivity contribution in [3.8, 4) is 5.69 Å². The monoisotopic (exact) mass is 287 g/mol. The van der Waals surface area contributed by atoms with E-state index in [-0.39, 0.29) is 5.56 Å². The van der Waals surface area contributed by atoms with Gasteiger partial charge in [-0.2, -0.15) is 0 Å². The lowest BCUT2D eigenvalue weighted by Gasteiger charge is -2.08. The smallest absolute Gasteiger partial charge is 0.335 e. The molecule has 0 aliphatic heterocycles. The van der Waals surface area contributed by atoms with Gasteiger partial charge in [-0.05, 0) is 36.8 Å². The lowest BCUT2D eigenvalue weighted by Crippen LogP contribution is -2.00. The molecule has 0 unspecified atom stereocenters. The van der Waals surface area contributed by atoms with E-state index >= 15 is 0 Å². The first-order chi connectivity index (χ1) is 9.58. The third-order valence-electron chi connectivity index (χ3n) is 3.09. The van der Waals surface area contributed by atoms with E-state index in [1.54, 1.807) is 16.8 Å². The molecule has 0 saturated carbocycles. The summed E-state index contributed by atoms with van der Waals surface area (Å²) in [7, 11) is 0. The molecule has 1 N–H and O–H groups in total. The minimum atomic E-state index is -0.990. The van der Waals surface area contributed by atoms with E-state index < -0.39 is 5.97 Å². The van der Waals surface area contributed by atoms with Crippen molar-refractivity contribution < 1.29 is 9.90 Å². The molecule has 0 saturated heterocycles. The summed E-state index contributed by atoms with van der Waals surface area (Å²) in [4.78, 5) is 11.0. The van der Waals surface area contributed by atoms with Crippen LogP contribution in [-0.2, 0) is 0 Å². The predicted octanol–water partition coefficient (Wildman–Crippen LogP) is 3.08. The maximum absolute atomic E-state index is 11.0. The SMILES string of the molecule is Cc1cccc(Cl)c1-n1nnc2cc(C(=O)O)ccc21. The van der Waals surface area contributed by atoms with Crippen LogP contribution in [0, 0.1) is 6.92 Å². The standard InChI is InChI=1S/C14H10ClN3O2/c1-8-3-2-4-10(15)13(8)18-12-6-5-9(14(19)20)7-11(12)16-17-18/h2-7H,1H3,(H,19,20). The van der Waals surface area contributed by atoms with Crippen LogP contribution in [0.3, 0.4) is 0 Å². The number of benzene rings is 2. The van der Waals surface area contributed by atoms with Gasteiger partial charge in [-0.1, -0.05) is 28.9 Å². The van der Waals surface area contributed by atoms with Crippen molar-refractivity contribution >= 4 is 28.6 Å². The summed E-state index contributed by atoms with van der Waals surface area (Å²) in [6, 6.07) is 10.3. The third kappa shape index (κ3) is 1.92. The summed E-state index contributed by atoms with van der Waals surface area (Å²) in [6.45, 7) is 1.93. The van der Waals surface area contributed by atoms with Crippen LogP contribution in [0.25, 0.3) is 16.7 Å². The van der Waals surface area contributed by atoms with Gasteiger partial charge in [-0.15, -0.1) is 5.10 Å². The highest BCUT2D eigenvalue weighted by molar-refractivity contribution is 6.32. The number of carboxylic acid groups (broad SMARTS) is 1. The topological polar surface area (TPSA) is 68.0 Å². The molecule has 0 amide bonds. The highest BCUT2D eigenvalue weighted by Gasteiger charge is 2.13. The van der Waals surface area contributed by atoms with Gasteiger partial charge < -0.3 is 5.11 Å². The molecule has 0 aliphatic rings. The molecule has 1 heterocycles. The van der Waals surface area contributed by atoms with Gasteiger partial charge in [-0.25, -0.2) is 9.48 Å².